The third kappa shape index (κ3) is 4.14. The number of benzene rings is 3. The van der Waals surface area contributed by atoms with Crippen LogP contribution in [-0.2, 0) is 0 Å². The monoisotopic (exact) mass is 456 g/mol. The number of halogens is 1. The quantitative estimate of drug-likeness (QED) is 0.279. The Kier molecular flexibility index (Phi) is 6.10. The van der Waals surface area contributed by atoms with Gasteiger partial charge in [0.05, 0.1) is 0 Å². The Morgan fingerprint density at radius 2 is 0.963 bits per heavy atom. The topological polar surface area (TPSA) is 0 Å². The molecular formula is C24H30BrPSi. The fourth-order valence-electron chi connectivity index (χ4n) is 3.96. The summed E-state index contributed by atoms with van der Waals surface area (Å²) in [5, 5.41) is 1.58. The van der Waals surface area contributed by atoms with Gasteiger partial charge < -0.3 is 0 Å². The molecule has 0 aliphatic heterocycles. The summed E-state index contributed by atoms with van der Waals surface area (Å²) >= 11 is 4.53. The first kappa shape index (κ1) is 20.5. The molecule has 0 fully saturated rings. The van der Waals surface area contributed by atoms with Crippen molar-refractivity contribution >= 4 is 44.8 Å². The van der Waals surface area contributed by atoms with Gasteiger partial charge in [-0.3, -0.25) is 0 Å². The molecule has 0 unspecified atom stereocenters. The van der Waals surface area contributed by atoms with Gasteiger partial charge in [-0.2, -0.15) is 0 Å². The minimum atomic E-state index is -2.70. The number of rotatable bonds is 7. The van der Waals surface area contributed by atoms with Crippen molar-refractivity contribution in [1.82, 2.24) is 0 Å². The van der Waals surface area contributed by atoms with Gasteiger partial charge in [-0.1, -0.05) is 0 Å². The van der Waals surface area contributed by atoms with Crippen LogP contribution in [0.15, 0.2) is 91.0 Å². The minimum absolute atomic E-state index is 1.09. The molecule has 142 valence electrons. The predicted molar refractivity (Wildman–Crippen MR) is 132 cm³/mol. The van der Waals surface area contributed by atoms with E-state index in [4.69, 9.17) is 0 Å². The molecule has 0 saturated heterocycles. The molecule has 0 spiro atoms. The van der Waals surface area contributed by atoms with Crippen LogP contribution in [0.1, 0.15) is 6.42 Å². The van der Waals surface area contributed by atoms with Crippen molar-refractivity contribution in [3.05, 3.63) is 91.0 Å². The van der Waals surface area contributed by atoms with Crippen LogP contribution >= 0.6 is 20.8 Å². The predicted octanol–water partition coefficient (Wildman–Crippen LogP) is 6.55. The van der Waals surface area contributed by atoms with Gasteiger partial charge in [-0.25, -0.2) is 0 Å². The summed E-state index contributed by atoms with van der Waals surface area (Å²) in [6.07, 6.45) is 2.41. The van der Waals surface area contributed by atoms with Gasteiger partial charge in [-0.15, -0.1) is 0 Å². The summed E-state index contributed by atoms with van der Waals surface area (Å²) in [5.74, 6) is 0. The first-order chi connectivity index (χ1) is 12.8. The van der Waals surface area contributed by atoms with Gasteiger partial charge >= 0.3 is 174 Å². The van der Waals surface area contributed by atoms with Crippen molar-refractivity contribution in [1.29, 1.82) is 0 Å². The maximum absolute atomic E-state index is 4.53. The molecule has 27 heavy (non-hydrogen) atoms. The van der Waals surface area contributed by atoms with Crippen LogP contribution in [0.25, 0.3) is 0 Å². The summed E-state index contributed by atoms with van der Waals surface area (Å²) < 4.78 is 0. The van der Waals surface area contributed by atoms with E-state index in [0.717, 1.165) is 6.16 Å². The third-order valence-corrected chi connectivity index (χ3v) is 17.3. The fraction of sp³-hybridized carbons (Fsp3) is 0.250. The summed E-state index contributed by atoms with van der Waals surface area (Å²) in [6, 6.07) is 34.7. The Morgan fingerprint density at radius 3 is 1.26 bits per heavy atom. The first-order valence-electron chi connectivity index (χ1n) is 9.74. The van der Waals surface area contributed by atoms with Crippen molar-refractivity contribution in [3.8, 4) is 0 Å². The molecule has 0 amide bonds. The second kappa shape index (κ2) is 8.03. The standard InChI is InChI=1S/C24H30BrPSi/c1-27(2,3)21-13-20-26(25,22-14-7-4-8-15-22,23-16-9-5-10-17-23)24-18-11-6-12-19-24/h4-12,14-19H,13,20-21H2,1-3H3. The Morgan fingerprint density at radius 1 is 0.630 bits per heavy atom. The van der Waals surface area contributed by atoms with Gasteiger partial charge in [0.2, 0.25) is 0 Å². The van der Waals surface area contributed by atoms with E-state index in [1.807, 2.05) is 0 Å². The zero-order chi connectivity index (χ0) is 19.4. The number of hydrogen-bond donors (Lipinski definition) is 0. The normalized spacial score (nSPS) is 13.7. The zero-order valence-electron chi connectivity index (χ0n) is 16.6. The van der Waals surface area contributed by atoms with Crippen molar-refractivity contribution in [2.24, 2.45) is 0 Å². The third-order valence-electron chi connectivity index (χ3n) is 5.39. The van der Waals surface area contributed by atoms with Gasteiger partial charge in [-0.05, 0) is 0 Å². The molecule has 3 rings (SSSR count). The molecule has 0 saturated carbocycles. The van der Waals surface area contributed by atoms with E-state index in [0.29, 0.717) is 0 Å². The molecule has 0 N–H and O–H groups in total. The Hall–Kier alpha value is -1.21. The Labute approximate surface area is 173 Å². The van der Waals surface area contributed by atoms with Gasteiger partial charge in [0.15, 0.2) is 0 Å². The van der Waals surface area contributed by atoms with Crippen LogP contribution in [0.3, 0.4) is 0 Å². The van der Waals surface area contributed by atoms with E-state index in [1.54, 1.807) is 0 Å². The molecule has 0 radical (unpaired) electrons. The second-order valence-electron chi connectivity index (χ2n) is 8.58. The average molecular weight is 457 g/mol. The SMILES string of the molecule is C[Si](C)(C)CCCP(Br)(c1ccccc1)(c1ccccc1)c1ccccc1. The van der Waals surface area contributed by atoms with E-state index < -0.39 is 13.4 Å². The molecule has 0 atom stereocenters. The maximum atomic E-state index is 4.53. The van der Waals surface area contributed by atoms with Gasteiger partial charge in [0.25, 0.3) is 0 Å². The van der Waals surface area contributed by atoms with E-state index in [1.165, 1.54) is 28.4 Å². The molecule has 0 nitrogen and oxygen atoms in total. The summed E-state index contributed by atoms with van der Waals surface area (Å²) in [7, 11) is -1.09. The summed E-state index contributed by atoms with van der Waals surface area (Å²) in [4.78, 5) is 0. The van der Waals surface area contributed by atoms with Crippen molar-refractivity contribution < 1.29 is 0 Å². The molecule has 0 heterocycles. The van der Waals surface area contributed by atoms with Crippen molar-refractivity contribution in [2.75, 3.05) is 6.16 Å². The van der Waals surface area contributed by atoms with E-state index in [9.17, 15) is 0 Å². The molecular weight excluding hydrogens is 427 g/mol. The molecule has 0 bridgehead atoms. The first-order valence-corrected chi connectivity index (χ1v) is 17.9. The molecule has 0 aromatic heterocycles. The number of hydrogen-bond acceptors (Lipinski definition) is 0. The molecule has 3 aromatic carbocycles. The van der Waals surface area contributed by atoms with Gasteiger partial charge in [0, 0.05) is 0 Å². The molecule has 0 aliphatic rings. The molecule has 3 heteroatoms. The van der Waals surface area contributed by atoms with Crippen LogP contribution in [-0.4, -0.2) is 14.2 Å². The van der Waals surface area contributed by atoms with Crippen LogP contribution in [0.4, 0.5) is 0 Å². The van der Waals surface area contributed by atoms with Crippen LogP contribution in [0, 0.1) is 0 Å². The Bertz CT molecular complexity index is 758. The zero-order valence-corrected chi connectivity index (χ0v) is 20.1. The van der Waals surface area contributed by atoms with Crippen LogP contribution in [0.5, 0.6) is 0 Å². The van der Waals surface area contributed by atoms with Gasteiger partial charge in [0.1, 0.15) is 0 Å². The van der Waals surface area contributed by atoms with E-state index in [-0.39, 0.29) is 0 Å². The average Bonchev–Trinajstić information content (AvgIpc) is 2.69. The fourth-order valence-corrected chi connectivity index (χ4v) is 13.2. The Balaban J connectivity index is 2.26. The van der Waals surface area contributed by atoms with E-state index in [2.05, 4.69) is 126 Å². The molecule has 0 aliphatic carbocycles. The van der Waals surface area contributed by atoms with Crippen LogP contribution in [0.2, 0.25) is 25.7 Å². The van der Waals surface area contributed by atoms with Crippen molar-refractivity contribution in [3.63, 3.8) is 0 Å². The van der Waals surface area contributed by atoms with Crippen molar-refractivity contribution in [2.45, 2.75) is 32.1 Å². The van der Waals surface area contributed by atoms with E-state index >= 15 is 0 Å². The second-order valence-corrected chi connectivity index (χ2v) is 23.3. The summed E-state index contributed by atoms with van der Waals surface area (Å²) in [6.45, 7) is 7.43. The summed E-state index contributed by atoms with van der Waals surface area (Å²) in [5.41, 5.74) is 0. The molecule has 3 aromatic rings. The van der Waals surface area contributed by atoms with Crippen LogP contribution < -0.4 is 15.9 Å².